The van der Waals surface area contributed by atoms with E-state index in [1.165, 1.54) is 83.5 Å². The number of rotatable bonds is 17. The molecule has 4 heteroatoms. The van der Waals surface area contributed by atoms with Gasteiger partial charge in [-0.2, -0.15) is 30.3 Å². The fourth-order valence-corrected chi connectivity index (χ4v) is 3.90. The van der Waals surface area contributed by atoms with Crippen LogP contribution in [0, 0.1) is 0 Å². The third-order valence-corrected chi connectivity index (χ3v) is 6.00. The molecule has 2 aromatic rings. The van der Waals surface area contributed by atoms with E-state index in [1.54, 1.807) is 0 Å². The van der Waals surface area contributed by atoms with E-state index in [9.17, 15) is 4.79 Å². The van der Waals surface area contributed by atoms with Gasteiger partial charge in [-0.05, 0) is 6.42 Å². The largest absolute Gasteiger partial charge is 2.00 e. The summed E-state index contributed by atoms with van der Waals surface area (Å²) in [6, 6.07) is 15.4. The van der Waals surface area contributed by atoms with Crippen molar-refractivity contribution in [2.24, 2.45) is 0 Å². The summed E-state index contributed by atoms with van der Waals surface area (Å²) in [5.74, 6) is 0.576. The number of esters is 1. The summed E-state index contributed by atoms with van der Waals surface area (Å²) in [4.78, 5) is 11.6. The fraction of sp³-hybridized carbons (Fsp3) is 0.607. The third-order valence-electron chi connectivity index (χ3n) is 5.47. The molecular formula is C28H43BrFeO2. The van der Waals surface area contributed by atoms with E-state index >= 15 is 0 Å². The fourth-order valence-electron chi connectivity index (χ4n) is 3.60. The van der Waals surface area contributed by atoms with Crippen molar-refractivity contribution in [2.45, 2.75) is 110 Å². The average Bonchev–Trinajstić information content (AvgIpc) is 3.45. The maximum atomic E-state index is 11.6. The van der Waals surface area contributed by atoms with Gasteiger partial charge in [-0.25, -0.2) is 12.1 Å². The second-order valence-electron chi connectivity index (χ2n) is 8.40. The summed E-state index contributed by atoms with van der Waals surface area (Å²) >= 11 is 3.28. The molecule has 0 radical (unpaired) electrons. The maximum absolute atomic E-state index is 11.6. The number of hydrogen-bond acceptors (Lipinski definition) is 2. The first-order chi connectivity index (χ1) is 15.2. The maximum Gasteiger partial charge on any atom is 2.00 e. The van der Waals surface area contributed by atoms with Gasteiger partial charge in [0, 0.05) is 12.2 Å². The molecule has 2 rings (SSSR count). The molecule has 0 spiro atoms. The molecule has 0 N–H and O–H groups in total. The van der Waals surface area contributed by atoms with Crippen LogP contribution in [0.4, 0.5) is 0 Å². The topological polar surface area (TPSA) is 26.3 Å². The molecule has 0 saturated carbocycles. The van der Waals surface area contributed by atoms with Crippen LogP contribution in [0.5, 0.6) is 5.75 Å². The second kappa shape index (κ2) is 23.3. The van der Waals surface area contributed by atoms with Crippen molar-refractivity contribution in [1.29, 1.82) is 0 Å². The molecule has 32 heavy (non-hydrogen) atoms. The monoisotopic (exact) mass is 546 g/mol. The Hall–Kier alpha value is -0.831. The van der Waals surface area contributed by atoms with E-state index in [-0.39, 0.29) is 23.0 Å². The van der Waals surface area contributed by atoms with Crippen molar-refractivity contribution in [3.05, 3.63) is 53.0 Å². The van der Waals surface area contributed by atoms with Crippen LogP contribution in [0.1, 0.15) is 110 Å². The molecule has 0 aliphatic heterocycles. The van der Waals surface area contributed by atoms with Gasteiger partial charge < -0.3 is 4.74 Å². The van der Waals surface area contributed by atoms with E-state index in [0.29, 0.717) is 12.2 Å². The smallest absolute Gasteiger partial charge is 0.454 e. The Morgan fingerprint density at radius 2 is 1.22 bits per heavy atom. The molecular weight excluding hydrogens is 504 g/mol. The SMILES string of the molecule is Brc1ccc[cH-]1.CCCCCCCCCCCCCCCCCC(=O)Oc1ccc[cH-]1.[Fe+2]. The van der Waals surface area contributed by atoms with Crippen LogP contribution in [-0.4, -0.2) is 5.97 Å². The Morgan fingerprint density at radius 3 is 1.59 bits per heavy atom. The molecule has 182 valence electrons. The number of halogens is 1. The van der Waals surface area contributed by atoms with Crippen LogP contribution in [0.3, 0.4) is 0 Å². The summed E-state index contributed by atoms with van der Waals surface area (Å²) in [6.07, 6.45) is 20.7. The molecule has 0 fully saturated rings. The number of unbranched alkanes of at least 4 members (excludes halogenated alkanes) is 14. The van der Waals surface area contributed by atoms with Crippen LogP contribution < -0.4 is 4.74 Å². The minimum atomic E-state index is -0.0964. The summed E-state index contributed by atoms with van der Waals surface area (Å²) in [7, 11) is 0. The average molecular weight is 547 g/mol. The first kappa shape index (κ1) is 31.2. The third kappa shape index (κ3) is 19.8. The Labute approximate surface area is 216 Å². The van der Waals surface area contributed by atoms with Crippen LogP contribution in [0.25, 0.3) is 0 Å². The Balaban J connectivity index is 0.00000118. The van der Waals surface area contributed by atoms with E-state index in [2.05, 4.69) is 22.9 Å². The Morgan fingerprint density at radius 1 is 0.750 bits per heavy atom. The van der Waals surface area contributed by atoms with Gasteiger partial charge in [0.1, 0.15) is 0 Å². The Kier molecular flexibility index (Phi) is 22.7. The van der Waals surface area contributed by atoms with Crippen LogP contribution in [-0.2, 0) is 21.9 Å². The molecule has 0 aliphatic carbocycles. The van der Waals surface area contributed by atoms with Gasteiger partial charge in [-0.15, -0.1) is 10.5 Å². The summed E-state index contributed by atoms with van der Waals surface area (Å²) in [5.41, 5.74) is 0. The van der Waals surface area contributed by atoms with E-state index < -0.39 is 0 Å². The van der Waals surface area contributed by atoms with Crippen molar-refractivity contribution in [1.82, 2.24) is 0 Å². The molecule has 0 unspecified atom stereocenters. The van der Waals surface area contributed by atoms with Crippen LogP contribution in [0.2, 0.25) is 0 Å². The molecule has 0 saturated heterocycles. The van der Waals surface area contributed by atoms with Crippen molar-refractivity contribution >= 4 is 21.9 Å². The molecule has 2 aromatic carbocycles. The molecule has 0 bridgehead atoms. The first-order valence-electron chi connectivity index (χ1n) is 12.5. The van der Waals surface area contributed by atoms with Gasteiger partial charge in [0.25, 0.3) is 0 Å². The Bertz CT molecular complexity index is 607. The molecule has 0 aromatic heterocycles. The normalized spacial score (nSPS) is 10.2. The number of carbonyl (C=O) groups excluding carboxylic acids is 1. The zero-order valence-corrected chi connectivity index (χ0v) is 22.7. The minimum Gasteiger partial charge on any atom is -0.454 e. The molecule has 0 heterocycles. The van der Waals surface area contributed by atoms with E-state index in [0.717, 1.165) is 17.3 Å². The van der Waals surface area contributed by atoms with Crippen LogP contribution >= 0.6 is 15.9 Å². The predicted molar refractivity (Wildman–Crippen MR) is 137 cm³/mol. The molecule has 0 aliphatic rings. The number of carbonyl (C=O) groups is 1. The standard InChI is InChI=1S/C23H39O2.C5H4Br.Fe/c1-2-3-4-5-6-7-8-9-10-11-12-13-14-15-16-21-23(24)25-22-19-17-18-20-22;6-5-3-1-2-4-5;/h17-20H,2-16,21H2,1H3;1-4H;/q2*-1;+2. The van der Waals surface area contributed by atoms with Gasteiger partial charge in [0.05, 0.1) is 0 Å². The number of hydrogen-bond donors (Lipinski definition) is 0. The number of ether oxygens (including phenoxy) is 1. The zero-order chi connectivity index (χ0) is 22.4. The van der Waals surface area contributed by atoms with Crippen LogP contribution in [0.15, 0.2) is 53.0 Å². The quantitative estimate of drug-likeness (QED) is 0.0853. The molecule has 2 nitrogen and oxygen atoms in total. The van der Waals surface area contributed by atoms with Crippen molar-refractivity contribution in [3.8, 4) is 5.75 Å². The molecule has 0 atom stereocenters. The van der Waals surface area contributed by atoms with Gasteiger partial charge in [-0.3, -0.25) is 4.79 Å². The first-order valence-corrected chi connectivity index (χ1v) is 13.3. The van der Waals surface area contributed by atoms with E-state index in [1.807, 2.05) is 48.5 Å². The van der Waals surface area contributed by atoms with Gasteiger partial charge >= 0.3 is 23.0 Å². The summed E-state index contributed by atoms with van der Waals surface area (Å²) in [6.45, 7) is 2.28. The summed E-state index contributed by atoms with van der Waals surface area (Å²) < 4.78 is 6.39. The zero-order valence-electron chi connectivity index (χ0n) is 20.0. The van der Waals surface area contributed by atoms with Gasteiger partial charge in [0.15, 0.2) is 0 Å². The van der Waals surface area contributed by atoms with Gasteiger partial charge in [0.2, 0.25) is 0 Å². The van der Waals surface area contributed by atoms with Crippen molar-refractivity contribution < 1.29 is 26.6 Å². The van der Waals surface area contributed by atoms with E-state index in [4.69, 9.17) is 4.74 Å². The molecule has 0 amide bonds. The van der Waals surface area contributed by atoms with Gasteiger partial charge in [-0.1, -0.05) is 113 Å². The minimum absolute atomic E-state index is 0. The summed E-state index contributed by atoms with van der Waals surface area (Å²) in [5, 5.41) is 0. The van der Waals surface area contributed by atoms with Crippen molar-refractivity contribution in [3.63, 3.8) is 0 Å². The predicted octanol–water partition coefficient (Wildman–Crippen LogP) is 9.74. The second-order valence-corrected chi connectivity index (χ2v) is 9.31. The van der Waals surface area contributed by atoms with Crippen molar-refractivity contribution in [2.75, 3.05) is 0 Å².